The summed E-state index contributed by atoms with van der Waals surface area (Å²) >= 11 is 0. The van der Waals surface area contributed by atoms with Crippen molar-refractivity contribution < 1.29 is 0 Å². The van der Waals surface area contributed by atoms with Crippen LogP contribution in [-0.2, 0) is 0 Å². The highest BCUT2D eigenvalue weighted by Crippen LogP contribution is 2.19. The molecule has 0 unspecified atom stereocenters. The summed E-state index contributed by atoms with van der Waals surface area (Å²) in [5, 5.41) is 3.38. The Balaban J connectivity index is 2.41. The average molecular weight is 137 g/mol. The lowest BCUT2D eigenvalue weighted by atomic mass is 9.97. The minimum Gasteiger partial charge on any atom is -0.310 e. The Bertz CT molecular complexity index is 129. The van der Waals surface area contributed by atoms with E-state index >= 15 is 0 Å². The molecule has 0 aromatic carbocycles. The van der Waals surface area contributed by atoms with Crippen LogP contribution in [0.2, 0.25) is 0 Å². The molecule has 1 aliphatic rings. The van der Waals surface area contributed by atoms with E-state index in [9.17, 15) is 0 Å². The summed E-state index contributed by atoms with van der Waals surface area (Å²) in [7, 11) is 0. The lowest BCUT2D eigenvalue weighted by Gasteiger charge is -2.12. The Kier molecular flexibility index (Phi) is 2.69. The molecule has 1 nitrogen and oxygen atoms in total. The van der Waals surface area contributed by atoms with Crippen LogP contribution >= 0.6 is 0 Å². The van der Waals surface area contributed by atoms with Gasteiger partial charge < -0.3 is 5.32 Å². The molecule has 1 rings (SSSR count). The second-order valence-corrected chi connectivity index (χ2v) is 2.79. The fourth-order valence-electron chi connectivity index (χ4n) is 1.54. The Morgan fingerprint density at radius 3 is 2.90 bits per heavy atom. The van der Waals surface area contributed by atoms with Gasteiger partial charge in [-0.05, 0) is 25.3 Å². The van der Waals surface area contributed by atoms with Gasteiger partial charge in [0, 0.05) is 6.04 Å². The van der Waals surface area contributed by atoms with E-state index in [4.69, 9.17) is 0 Å². The maximum Gasteiger partial charge on any atom is 0.0279 e. The first-order chi connectivity index (χ1) is 4.88. The molecule has 10 heavy (non-hydrogen) atoms. The van der Waals surface area contributed by atoms with Crippen LogP contribution in [0.15, 0.2) is 25.3 Å². The zero-order valence-electron chi connectivity index (χ0n) is 6.34. The average Bonchev–Trinajstić information content (AvgIpc) is 2.36. The molecule has 0 saturated carbocycles. The van der Waals surface area contributed by atoms with Gasteiger partial charge in [-0.2, -0.15) is 0 Å². The van der Waals surface area contributed by atoms with Crippen LogP contribution in [0.3, 0.4) is 0 Å². The lowest BCUT2D eigenvalue weighted by Crippen LogP contribution is -2.23. The number of hydrogen-bond acceptors (Lipinski definition) is 1. The van der Waals surface area contributed by atoms with E-state index in [0.717, 1.165) is 18.9 Å². The fourth-order valence-corrected chi connectivity index (χ4v) is 1.54. The van der Waals surface area contributed by atoms with Gasteiger partial charge in [0.1, 0.15) is 0 Å². The zero-order valence-corrected chi connectivity index (χ0v) is 6.34. The van der Waals surface area contributed by atoms with Gasteiger partial charge in [0.25, 0.3) is 0 Å². The van der Waals surface area contributed by atoms with Crippen molar-refractivity contribution in [3.63, 3.8) is 0 Å². The second kappa shape index (κ2) is 3.57. The second-order valence-electron chi connectivity index (χ2n) is 2.79. The highest BCUT2D eigenvalue weighted by atomic mass is 14.9. The maximum absolute atomic E-state index is 3.78. The third kappa shape index (κ3) is 1.48. The standard InChI is InChI=1S/C9H15N/c1-3-5-8-6-7-10-9(8)4-2/h3-4,8-10H,1-2,5-7H2/t8-,9+/m0/s1. The van der Waals surface area contributed by atoms with Crippen LogP contribution < -0.4 is 5.32 Å². The summed E-state index contributed by atoms with van der Waals surface area (Å²) in [4.78, 5) is 0. The summed E-state index contributed by atoms with van der Waals surface area (Å²) in [6.45, 7) is 8.64. The molecular formula is C9H15N. The predicted molar refractivity (Wildman–Crippen MR) is 44.9 cm³/mol. The van der Waals surface area contributed by atoms with Crippen molar-refractivity contribution in [3.8, 4) is 0 Å². The molecule has 0 aromatic rings. The summed E-state index contributed by atoms with van der Waals surface area (Å²) < 4.78 is 0. The molecule has 2 atom stereocenters. The first-order valence-electron chi connectivity index (χ1n) is 3.85. The monoisotopic (exact) mass is 137 g/mol. The molecule has 0 amide bonds. The first kappa shape index (κ1) is 7.55. The van der Waals surface area contributed by atoms with Crippen molar-refractivity contribution in [3.05, 3.63) is 25.3 Å². The quantitative estimate of drug-likeness (QED) is 0.584. The molecule has 1 heterocycles. The van der Waals surface area contributed by atoms with Gasteiger partial charge >= 0.3 is 0 Å². The third-order valence-electron chi connectivity index (χ3n) is 2.13. The molecule has 0 bridgehead atoms. The van der Waals surface area contributed by atoms with E-state index < -0.39 is 0 Å². The van der Waals surface area contributed by atoms with Gasteiger partial charge in [0.2, 0.25) is 0 Å². The van der Waals surface area contributed by atoms with Crippen molar-refractivity contribution >= 4 is 0 Å². The first-order valence-corrected chi connectivity index (χ1v) is 3.85. The molecular weight excluding hydrogens is 122 g/mol. The number of nitrogens with one attached hydrogen (secondary N) is 1. The summed E-state index contributed by atoms with van der Waals surface area (Å²) in [5.74, 6) is 0.745. The van der Waals surface area contributed by atoms with Crippen LogP contribution in [0.4, 0.5) is 0 Å². The van der Waals surface area contributed by atoms with E-state index in [1.165, 1.54) is 6.42 Å². The maximum atomic E-state index is 3.78. The molecule has 1 heteroatoms. The van der Waals surface area contributed by atoms with Crippen molar-refractivity contribution in [1.82, 2.24) is 5.32 Å². The van der Waals surface area contributed by atoms with Crippen LogP contribution in [0.1, 0.15) is 12.8 Å². The van der Waals surface area contributed by atoms with E-state index in [2.05, 4.69) is 18.5 Å². The van der Waals surface area contributed by atoms with Gasteiger partial charge in [0.15, 0.2) is 0 Å². The van der Waals surface area contributed by atoms with Crippen molar-refractivity contribution in [2.45, 2.75) is 18.9 Å². The smallest absolute Gasteiger partial charge is 0.0279 e. The predicted octanol–water partition coefficient (Wildman–Crippen LogP) is 1.73. The SMILES string of the molecule is C=CC[C@H]1CCN[C@@H]1C=C. The molecule has 0 radical (unpaired) electrons. The van der Waals surface area contributed by atoms with Gasteiger partial charge in [-0.25, -0.2) is 0 Å². The molecule has 1 saturated heterocycles. The molecule has 56 valence electrons. The van der Waals surface area contributed by atoms with E-state index in [-0.39, 0.29) is 0 Å². The third-order valence-corrected chi connectivity index (χ3v) is 2.13. The summed E-state index contributed by atoms with van der Waals surface area (Å²) in [5.41, 5.74) is 0. The summed E-state index contributed by atoms with van der Waals surface area (Å²) in [6, 6.07) is 0.526. The molecule has 0 aliphatic carbocycles. The normalized spacial score (nSPS) is 32.0. The molecule has 0 aromatic heterocycles. The van der Waals surface area contributed by atoms with Gasteiger partial charge in [-0.1, -0.05) is 12.2 Å². The number of allylic oxidation sites excluding steroid dienone is 1. The van der Waals surface area contributed by atoms with Crippen molar-refractivity contribution in [2.75, 3.05) is 6.54 Å². The Labute approximate surface area is 62.8 Å². The molecule has 1 N–H and O–H groups in total. The van der Waals surface area contributed by atoms with Gasteiger partial charge in [0.05, 0.1) is 0 Å². The minimum atomic E-state index is 0.526. The largest absolute Gasteiger partial charge is 0.310 e. The minimum absolute atomic E-state index is 0.526. The number of hydrogen-bond donors (Lipinski definition) is 1. The summed E-state index contributed by atoms with van der Waals surface area (Å²) in [6.07, 6.45) is 6.38. The topological polar surface area (TPSA) is 12.0 Å². The van der Waals surface area contributed by atoms with Gasteiger partial charge in [-0.3, -0.25) is 0 Å². The van der Waals surface area contributed by atoms with Crippen LogP contribution in [0, 0.1) is 5.92 Å². The Morgan fingerprint density at radius 2 is 2.30 bits per heavy atom. The molecule has 0 spiro atoms. The van der Waals surface area contributed by atoms with E-state index in [1.807, 2.05) is 12.2 Å². The van der Waals surface area contributed by atoms with E-state index in [1.54, 1.807) is 0 Å². The Morgan fingerprint density at radius 1 is 1.50 bits per heavy atom. The Hall–Kier alpha value is -0.560. The highest BCUT2D eigenvalue weighted by Gasteiger charge is 2.22. The fraction of sp³-hybridized carbons (Fsp3) is 0.556. The van der Waals surface area contributed by atoms with E-state index in [0.29, 0.717) is 6.04 Å². The van der Waals surface area contributed by atoms with Crippen molar-refractivity contribution in [2.24, 2.45) is 5.92 Å². The van der Waals surface area contributed by atoms with Gasteiger partial charge in [-0.15, -0.1) is 13.2 Å². The van der Waals surface area contributed by atoms with Crippen LogP contribution in [0.5, 0.6) is 0 Å². The lowest BCUT2D eigenvalue weighted by molar-refractivity contribution is 0.519. The molecule has 1 fully saturated rings. The van der Waals surface area contributed by atoms with Crippen LogP contribution in [-0.4, -0.2) is 12.6 Å². The molecule has 1 aliphatic heterocycles. The highest BCUT2D eigenvalue weighted by molar-refractivity contribution is 4.97. The van der Waals surface area contributed by atoms with Crippen LogP contribution in [0.25, 0.3) is 0 Å². The number of rotatable bonds is 3. The zero-order chi connectivity index (χ0) is 7.40. The van der Waals surface area contributed by atoms with Crippen molar-refractivity contribution in [1.29, 1.82) is 0 Å².